The van der Waals surface area contributed by atoms with Gasteiger partial charge in [-0.3, -0.25) is 9.78 Å². The number of pyridine rings is 1. The lowest BCUT2D eigenvalue weighted by Gasteiger charge is -2.06. The van der Waals surface area contributed by atoms with Gasteiger partial charge in [-0.1, -0.05) is 6.07 Å². The molecule has 0 amide bonds. The van der Waals surface area contributed by atoms with E-state index in [1.165, 1.54) is 6.92 Å². The molecule has 0 fully saturated rings. The highest BCUT2D eigenvalue weighted by Crippen LogP contribution is 2.15. The second-order valence-electron chi connectivity index (χ2n) is 5.08. The Hall–Kier alpha value is -2.83. The van der Waals surface area contributed by atoms with Gasteiger partial charge in [-0.15, -0.1) is 5.10 Å². The van der Waals surface area contributed by atoms with Crippen molar-refractivity contribution in [1.82, 2.24) is 24.6 Å². The van der Waals surface area contributed by atoms with Crippen molar-refractivity contribution in [1.29, 1.82) is 0 Å². The maximum Gasteiger partial charge on any atom is 0.254 e. The van der Waals surface area contributed by atoms with E-state index >= 15 is 0 Å². The number of aromatic nitrogens is 5. The number of Topliss-reactive ketones (excluding diaryl/α,β-unsaturated/α-hetero) is 1. The smallest absolute Gasteiger partial charge is 0.254 e. The summed E-state index contributed by atoms with van der Waals surface area (Å²) in [5.74, 6) is 0.929. The van der Waals surface area contributed by atoms with Crippen molar-refractivity contribution < 1.29 is 4.79 Å². The van der Waals surface area contributed by atoms with E-state index in [4.69, 9.17) is 0 Å². The zero-order chi connectivity index (χ0) is 15.7. The maximum atomic E-state index is 11.7. The summed E-state index contributed by atoms with van der Waals surface area (Å²) < 4.78 is 1.59. The van der Waals surface area contributed by atoms with E-state index in [1.807, 2.05) is 19.1 Å². The third-order valence-corrected chi connectivity index (χ3v) is 3.42. The molecule has 0 spiro atoms. The van der Waals surface area contributed by atoms with Crippen molar-refractivity contribution in [2.24, 2.45) is 0 Å². The van der Waals surface area contributed by atoms with E-state index in [2.05, 4.69) is 25.4 Å². The normalized spacial score (nSPS) is 10.9. The third kappa shape index (κ3) is 2.52. The van der Waals surface area contributed by atoms with Crippen molar-refractivity contribution in [2.75, 3.05) is 5.32 Å². The first-order valence-electron chi connectivity index (χ1n) is 6.94. The van der Waals surface area contributed by atoms with E-state index in [9.17, 15) is 4.79 Å². The largest absolute Gasteiger partial charge is 0.349 e. The van der Waals surface area contributed by atoms with Gasteiger partial charge in [0.2, 0.25) is 5.95 Å². The van der Waals surface area contributed by atoms with Crippen molar-refractivity contribution in [2.45, 2.75) is 27.3 Å². The zero-order valence-corrected chi connectivity index (χ0v) is 12.7. The Bertz CT molecular complexity index is 840. The summed E-state index contributed by atoms with van der Waals surface area (Å²) in [6.45, 7) is 5.75. The molecule has 3 aromatic heterocycles. The van der Waals surface area contributed by atoms with Crippen LogP contribution in [-0.4, -0.2) is 30.3 Å². The second kappa shape index (κ2) is 5.51. The number of ketones is 1. The Morgan fingerprint density at radius 3 is 2.82 bits per heavy atom. The lowest BCUT2D eigenvalue weighted by Crippen LogP contribution is -2.09. The van der Waals surface area contributed by atoms with Gasteiger partial charge in [0, 0.05) is 18.9 Å². The molecule has 0 aromatic carbocycles. The molecule has 3 rings (SSSR count). The van der Waals surface area contributed by atoms with E-state index in [-0.39, 0.29) is 5.78 Å². The topological polar surface area (TPSA) is 85.1 Å². The first-order chi connectivity index (χ1) is 10.6. The van der Waals surface area contributed by atoms with Gasteiger partial charge >= 0.3 is 0 Å². The number of hydrogen-bond donors (Lipinski definition) is 1. The molecular weight excluding hydrogens is 280 g/mol. The fourth-order valence-electron chi connectivity index (χ4n) is 2.44. The van der Waals surface area contributed by atoms with Crippen LogP contribution in [0.3, 0.4) is 0 Å². The predicted octanol–water partition coefficient (Wildman–Crippen LogP) is 1.95. The van der Waals surface area contributed by atoms with Gasteiger partial charge in [0.15, 0.2) is 5.78 Å². The molecule has 112 valence electrons. The molecule has 0 aliphatic rings. The van der Waals surface area contributed by atoms with E-state index in [0.717, 1.165) is 11.3 Å². The minimum absolute atomic E-state index is 0.0234. The van der Waals surface area contributed by atoms with Crippen LogP contribution in [0.5, 0.6) is 0 Å². The van der Waals surface area contributed by atoms with Crippen molar-refractivity contribution in [3.05, 3.63) is 47.0 Å². The van der Waals surface area contributed by atoms with E-state index in [1.54, 1.807) is 23.8 Å². The number of hydrogen-bond acceptors (Lipinski definition) is 6. The van der Waals surface area contributed by atoms with Gasteiger partial charge in [-0.2, -0.15) is 9.50 Å². The number of nitrogens with one attached hydrogen (secondary N) is 1. The highest BCUT2D eigenvalue weighted by atomic mass is 16.1. The molecule has 0 saturated carbocycles. The lowest BCUT2D eigenvalue weighted by atomic mass is 10.1. The first-order valence-corrected chi connectivity index (χ1v) is 6.94. The molecule has 0 bridgehead atoms. The summed E-state index contributed by atoms with van der Waals surface area (Å²) in [6, 6.07) is 3.85. The first kappa shape index (κ1) is 14.1. The molecular formula is C15H16N6O. The Balaban J connectivity index is 1.93. The van der Waals surface area contributed by atoms with Gasteiger partial charge in [0.05, 0.1) is 17.0 Å². The molecule has 7 nitrogen and oxygen atoms in total. The number of rotatable bonds is 4. The number of carbonyl (C=O) groups is 1. The standard InChI is InChI=1S/C15H16N6O/c1-9-13(11(3)22)10(2)21-15(18-9)19-14(20-21)17-8-12-5-4-6-16-7-12/h4-7H,8H2,1-3H3,(H,17,20). The average Bonchev–Trinajstić information content (AvgIpc) is 2.89. The second-order valence-corrected chi connectivity index (χ2v) is 5.08. The Morgan fingerprint density at radius 2 is 2.14 bits per heavy atom. The molecule has 0 unspecified atom stereocenters. The molecule has 0 atom stereocenters. The molecule has 22 heavy (non-hydrogen) atoms. The summed E-state index contributed by atoms with van der Waals surface area (Å²) >= 11 is 0. The summed E-state index contributed by atoms with van der Waals surface area (Å²) in [4.78, 5) is 24.5. The Kier molecular flexibility index (Phi) is 3.54. The van der Waals surface area contributed by atoms with Crippen LogP contribution in [0.15, 0.2) is 24.5 Å². The maximum absolute atomic E-state index is 11.7. The fourth-order valence-corrected chi connectivity index (χ4v) is 2.44. The van der Waals surface area contributed by atoms with Crippen LogP contribution in [0.2, 0.25) is 0 Å². The summed E-state index contributed by atoms with van der Waals surface area (Å²) in [5, 5.41) is 7.51. The SMILES string of the molecule is CC(=O)c1c(C)nc2nc(NCc3cccnc3)nn2c1C. The van der Waals surface area contributed by atoms with Crippen LogP contribution in [0.25, 0.3) is 5.78 Å². The average molecular weight is 296 g/mol. The van der Waals surface area contributed by atoms with Gasteiger partial charge in [0.1, 0.15) is 0 Å². The molecule has 0 saturated heterocycles. The highest BCUT2D eigenvalue weighted by molar-refractivity contribution is 5.96. The summed E-state index contributed by atoms with van der Waals surface area (Å²) in [7, 11) is 0. The van der Waals surface area contributed by atoms with Crippen LogP contribution in [-0.2, 0) is 6.54 Å². The number of anilines is 1. The molecule has 3 heterocycles. The van der Waals surface area contributed by atoms with Gasteiger partial charge in [-0.05, 0) is 32.4 Å². The van der Waals surface area contributed by atoms with Gasteiger partial charge in [-0.25, -0.2) is 4.98 Å². The lowest BCUT2D eigenvalue weighted by molar-refractivity contribution is 0.101. The Morgan fingerprint density at radius 1 is 1.32 bits per heavy atom. The van der Waals surface area contributed by atoms with E-state index in [0.29, 0.717) is 29.5 Å². The number of carbonyl (C=O) groups excluding carboxylic acids is 1. The number of fused-ring (bicyclic) bond motifs is 1. The quantitative estimate of drug-likeness (QED) is 0.741. The molecule has 3 aromatic rings. The molecule has 0 aliphatic carbocycles. The molecule has 0 radical (unpaired) electrons. The van der Waals surface area contributed by atoms with Crippen molar-refractivity contribution in [3.63, 3.8) is 0 Å². The number of aryl methyl sites for hydroxylation is 2. The Labute approximate surface area is 127 Å². The van der Waals surface area contributed by atoms with Gasteiger partial charge < -0.3 is 5.32 Å². The zero-order valence-electron chi connectivity index (χ0n) is 12.7. The van der Waals surface area contributed by atoms with Crippen LogP contribution in [0.1, 0.15) is 34.2 Å². The minimum atomic E-state index is -0.0234. The minimum Gasteiger partial charge on any atom is -0.349 e. The van der Waals surface area contributed by atoms with Crippen LogP contribution in [0, 0.1) is 13.8 Å². The predicted molar refractivity (Wildman–Crippen MR) is 81.8 cm³/mol. The van der Waals surface area contributed by atoms with E-state index < -0.39 is 0 Å². The molecule has 0 aliphatic heterocycles. The third-order valence-electron chi connectivity index (χ3n) is 3.42. The summed E-state index contributed by atoms with van der Waals surface area (Å²) in [5.41, 5.74) is 3.04. The van der Waals surface area contributed by atoms with Crippen LogP contribution >= 0.6 is 0 Å². The van der Waals surface area contributed by atoms with Crippen LogP contribution < -0.4 is 5.32 Å². The summed E-state index contributed by atoms with van der Waals surface area (Å²) in [6.07, 6.45) is 3.51. The number of nitrogens with zero attached hydrogens (tertiary/aromatic N) is 5. The van der Waals surface area contributed by atoms with Gasteiger partial charge in [0.25, 0.3) is 5.78 Å². The van der Waals surface area contributed by atoms with Crippen molar-refractivity contribution >= 4 is 17.5 Å². The molecule has 7 heteroatoms. The van der Waals surface area contributed by atoms with Crippen LogP contribution in [0.4, 0.5) is 5.95 Å². The molecule has 1 N–H and O–H groups in total. The monoisotopic (exact) mass is 296 g/mol. The fraction of sp³-hybridized carbons (Fsp3) is 0.267. The highest BCUT2D eigenvalue weighted by Gasteiger charge is 2.16. The van der Waals surface area contributed by atoms with Crippen molar-refractivity contribution in [3.8, 4) is 0 Å².